The minimum atomic E-state index is -1.31. The number of nitrogens with one attached hydrogen (secondary N) is 1. The fraction of sp³-hybridized carbons (Fsp3) is 0.128. The van der Waals surface area contributed by atoms with E-state index < -0.39 is 11.1 Å². The molecule has 6 aromatic rings. The van der Waals surface area contributed by atoms with Gasteiger partial charge in [-0.05, 0) is 51.9 Å². The van der Waals surface area contributed by atoms with Gasteiger partial charge in [-0.25, -0.2) is 4.98 Å². The number of carbonyl (C=O) groups is 1. The number of amides is 1. The van der Waals surface area contributed by atoms with Crippen LogP contribution in [0.3, 0.4) is 0 Å². The average molecular weight is 578 g/mol. The Bertz CT molecular complexity index is 1750. The number of rotatable bonds is 9. The lowest BCUT2D eigenvalue weighted by Gasteiger charge is -2.37. The van der Waals surface area contributed by atoms with Crippen molar-refractivity contribution in [1.29, 1.82) is 0 Å². The van der Waals surface area contributed by atoms with Crippen LogP contribution in [0.4, 0.5) is 5.69 Å². The van der Waals surface area contributed by atoms with Crippen molar-refractivity contribution in [3.63, 3.8) is 0 Å². The van der Waals surface area contributed by atoms with E-state index in [0.717, 1.165) is 39.1 Å². The van der Waals surface area contributed by atoms with Gasteiger partial charge in [-0.15, -0.1) is 0 Å². The van der Waals surface area contributed by atoms with E-state index in [-0.39, 0.29) is 5.91 Å². The Hall–Kier alpha value is -5.26. The Morgan fingerprint density at radius 2 is 1.25 bits per heavy atom. The Balaban J connectivity index is 1.45. The average Bonchev–Trinajstić information content (AvgIpc) is 3.57. The summed E-state index contributed by atoms with van der Waals surface area (Å²) in [4.78, 5) is 16.4. The van der Waals surface area contributed by atoms with Crippen molar-refractivity contribution in [2.75, 3.05) is 5.32 Å². The first kappa shape index (κ1) is 28.8. The van der Waals surface area contributed by atoms with Gasteiger partial charge in [0.05, 0.1) is 12.0 Å². The third kappa shape index (κ3) is 5.23. The summed E-state index contributed by atoms with van der Waals surface area (Å²) < 4.78 is 2.13. The number of aliphatic hydroxyl groups is 1. The van der Waals surface area contributed by atoms with Gasteiger partial charge in [0.25, 0.3) is 0 Å². The maximum absolute atomic E-state index is 12.2. The Morgan fingerprint density at radius 1 is 0.705 bits per heavy atom. The van der Waals surface area contributed by atoms with Gasteiger partial charge in [-0.3, -0.25) is 4.79 Å². The van der Waals surface area contributed by atoms with Gasteiger partial charge < -0.3 is 15.0 Å². The molecule has 0 saturated heterocycles. The molecule has 1 atom stereocenters. The molecular formula is C39H35N3O2. The van der Waals surface area contributed by atoms with Gasteiger partial charge in [0.1, 0.15) is 11.1 Å². The summed E-state index contributed by atoms with van der Waals surface area (Å²) in [5, 5.41) is 15.1. The smallest absolute Gasteiger partial charge is 0.221 e. The van der Waals surface area contributed by atoms with E-state index in [1.165, 1.54) is 6.92 Å². The first-order valence-electron chi connectivity index (χ1n) is 14.9. The molecule has 218 valence electrons. The SMILES string of the molecule is CCC(O)(c1ccc(-c2cccc(NC(C)=O)c2)cc1)c1cn(C(c2ccccc2)(c2ccccc2)c2ccccc2)cn1. The lowest BCUT2D eigenvalue weighted by atomic mass is 9.76. The molecule has 1 aromatic heterocycles. The van der Waals surface area contributed by atoms with E-state index in [0.29, 0.717) is 12.1 Å². The molecule has 5 aromatic carbocycles. The number of benzene rings is 5. The zero-order valence-electron chi connectivity index (χ0n) is 24.9. The highest BCUT2D eigenvalue weighted by atomic mass is 16.3. The van der Waals surface area contributed by atoms with Crippen molar-refractivity contribution < 1.29 is 9.90 Å². The van der Waals surface area contributed by atoms with Crippen molar-refractivity contribution >= 4 is 11.6 Å². The zero-order chi connectivity index (χ0) is 30.6. The number of anilines is 1. The standard InChI is InChI=1S/C39H35N3O2/c1-3-38(44,32-24-22-30(23-25-32)31-14-13-21-36(26-31)41-29(2)43)37-27-42(28-40-37)39(33-15-7-4-8-16-33,34-17-9-5-10-18-34)35-19-11-6-12-20-35/h4-28,44H,3H2,1-2H3,(H,41,43). The van der Waals surface area contributed by atoms with E-state index in [4.69, 9.17) is 4.98 Å². The predicted molar refractivity (Wildman–Crippen MR) is 176 cm³/mol. The van der Waals surface area contributed by atoms with Crippen LogP contribution in [0.15, 0.2) is 152 Å². The Kier molecular flexibility index (Phi) is 7.97. The number of aromatic nitrogens is 2. The molecule has 0 radical (unpaired) electrons. The van der Waals surface area contributed by atoms with Crippen molar-refractivity contribution in [2.45, 2.75) is 31.4 Å². The monoisotopic (exact) mass is 577 g/mol. The normalized spacial score (nSPS) is 12.8. The van der Waals surface area contributed by atoms with Crippen LogP contribution in [0.2, 0.25) is 0 Å². The fourth-order valence-electron chi connectivity index (χ4n) is 6.16. The molecule has 0 aliphatic carbocycles. The molecule has 0 saturated carbocycles. The molecule has 1 amide bonds. The summed E-state index contributed by atoms with van der Waals surface area (Å²) in [6.07, 6.45) is 4.27. The summed E-state index contributed by atoms with van der Waals surface area (Å²) in [6.45, 7) is 3.47. The van der Waals surface area contributed by atoms with E-state index in [1.54, 1.807) is 0 Å². The van der Waals surface area contributed by atoms with E-state index in [1.807, 2.05) is 86.2 Å². The molecule has 5 heteroatoms. The highest BCUT2D eigenvalue weighted by Crippen LogP contribution is 2.42. The molecule has 1 heterocycles. The van der Waals surface area contributed by atoms with E-state index in [9.17, 15) is 9.90 Å². The van der Waals surface area contributed by atoms with Crippen molar-refractivity contribution in [2.24, 2.45) is 0 Å². The molecule has 0 spiro atoms. The van der Waals surface area contributed by atoms with Gasteiger partial charge in [0.15, 0.2) is 0 Å². The van der Waals surface area contributed by atoms with Gasteiger partial charge in [0.2, 0.25) is 5.91 Å². The minimum Gasteiger partial charge on any atom is -0.379 e. The molecule has 0 aliphatic heterocycles. The second kappa shape index (κ2) is 12.2. The Labute approximate surface area is 258 Å². The second-order valence-corrected chi connectivity index (χ2v) is 11.0. The third-order valence-corrected chi connectivity index (χ3v) is 8.36. The van der Waals surface area contributed by atoms with Crippen molar-refractivity contribution in [3.05, 3.63) is 180 Å². The molecule has 5 nitrogen and oxygen atoms in total. The zero-order valence-corrected chi connectivity index (χ0v) is 24.9. The maximum Gasteiger partial charge on any atom is 0.221 e. The van der Waals surface area contributed by atoms with Gasteiger partial charge in [-0.2, -0.15) is 0 Å². The predicted octanol–water partition coefficient (Wildman–Crippen LogP) is 7.99. The highest BCUT2D eigenvalue weighted by molar-refractivity contribution is 5.89. The molecule has 44 heavy (non-hydrogen) atoms. The highest BCUT2D eigenvalue weighted by Gasteiger charge is 2.40. The van der Waals surface area contributed by atoms with Crippen LogP contribution in [0.5, 0.6) is 0 Å². The largest absolute Gasteiger partial charge is 0.379 e. The molecule has 1 unspecified atom stereocenters. The van der Waals surface area contributed by atoms with Crippen molar-refractivity contribution in [1.82, 2.24) is 9.55 Å². The summed E-state index contributed by atoms with van der Waals surface area (Å²) >= 11 is 0. The minimum absolute atomic E-state index is 0.110. The van der Waals surface area contributed by atoms with Gasteiger partial charge in [-0.1, -0.05) is 134 Å². The van der Waals surface area contributed by atoms with Gasteiger partial charge >= 0.3 is 0 Å². The van der Waals surface area contributed by atoms with Crippen LogP contribution in [-0.2, 0) is 15.9 Å². The Morgan fingerprint density at radius 3 is 1.75 bits per heavy atom. The number of nitrogens with zero attached hydrogens (tertiary/aromatic N) is 2. The van der Waals surface area contributed by atoms with Crippen LogP contribution in [0.1, 0.15) is 48.2 Å². The molecule has 2 N–H and O–H groups in total. The third-order valence-electron chi connectivity index (χ3n) is 8.36. The lowest BCUT2D eigenvalue weighted by molar-refractivity contribution is -0.114. The number of hydrogen-bond donors (Lipinski definition) is 2. The fourth-order valence-corrected chi connectivity index (χ4v) is 6.16. The molecule has 6 rings (SSSR count). The van der Waals surface area contributed by atoms with Crippen LogP contribution in [0, 0.1) is 0 Å². The van der Waals surface area contributed by atoms with Crippen LogP contribution in [-0.4, -0.2) is 20.6 Å². The van der Waals surface area contributed by atoms with Crippen molar-refractivity contribution in [3.8, 4) is 11.1 Å². The first-order chi connectivity index (χ1) is 21.4. The van der Waals surface area contributed by atoms with E-state index in [2.05, 4.69) is 82.7 Å². The van der Waals surface area contributed by atoms with Crippen LogP contribution < -0.4 is 5.32 Å². The summed E-state index contributed by atoms with van der Waals surface area (Å²) in [7, 11) is 0. The summed E-state index contributed by atoms with van der Waals surface area (Å²) in [5.41, 5.74) is 5.29. The van der Waals surface area contributed by atoms with Gasteiger partial charge in [0, 0.05) is 18.8 Å². The summed E-state index contributed by atoms with van der Waals surface area (Å²) in [5.74, 6) is -0.110. The first-order valence-corrected chi connectivity index (χ1v) is 14.9. The molecular weight excluding hydrogens is 542 g/mol. The number of imidazole rings is 1. The topological polar surface area (TPSA) is 67.2 Å². The number of hydrogen-bond acceptors (Lipinski definition) is 3. The lowest BCUT2D eigenvalue weighted by Crippen LogP contribution is -2.37. The maximum atomic E-state index is 12.2. The second-order valence-electron chi connectivity index (χ2n) is 11.0. The molecule has 0 bridgehead atoms. The van der Waals surface area contributed by atoms with Crippen LogP contribution in [0.25, 0.3) is 11.1 Å². The van der Waals surface area contributed by atoms with Crippen LogP contribution >= 0.6 is 0 Å². The molecule has 0 fully saturated rings. The quantitative estimate of drug-likeness (QED) is 0.171. The number of carbonyl (C=O) groups excluding carboxylic acids is 1. The van der Waals surface area contributed by atoms with E-state index >= 15 is 0 Å². The molecule has 0 aliphatic rings. The summed E-state index contributed by atoms with van der Waals surface area (Å²) in [6, 6.07) is 47.0.